The van der Waals surface area contributed by atoms with Gasteiger partial charge >= 0.3 is 0 Å². The molecule has 1 fully saturated rings. The molecule has 1 saturated heterocycles. The molecule has 0 atom stereocenters. The molecule has 1 amide bonds. The predicted molar refractivity (Wildman–Crippen MR) is 116 cm³/mol. The number of amides is 1. The minimum Gasteiger partial charge on any atom is -0.467 e. The van der Waals surface area contributed by atoms with Crippen LogP contribution in [0, 0.1) is 5.82 Å². The van der Waals surface area contributed by atoms with Crippen molar-refractivity contribution in [2.24, 2.45) is 0 Å². The van der Waals surface area contributed by atoms with E-state index < -0.39 is 0 Å². The predicted octanol–water partition coefficient (Wildman–Crippen LogP) is 5.38. The van der Waals surface area contributed by atoms with E-state index in [4.69, 9.17) is 4.74 Å². The third kappa shape index (κ3) is 5.48. The van der Waals surface area contributed by atoms with E-state index >= 15 is 0 Å². The average Bonchev–Trinajstić information content (AvgIpc) is 3.15. The fourth-order valence-electron chi connectivity index (χ4n) is 3.37. The number of thiazole rings is 1. The van der Waals surface area contributed by atoms with Gasteiger partial charge in [0.1, 0.15) is 11.9 Å². The standard InChI is InChI=1S/C22H23FN2O2S2/c23-16-7-9-18(10-8-16)28-15-3-6-21(26)25-13-11-17(12-14-25)27-22-24-19-4-1-2-5-20(19)29-22/h1-2,4-5,7-10,17H,3,6,11-15H2. The molecule has 4 rings (SSSR count). The Bertz CT molecular complexity index is 920. The average molecular weight is 431 g/mol. The topological polar surface area (TPSA) is 42.4 Å². The summed E-state index contributed by atoms with van der Waals surface area (Å²) in [5.74, 6) is 0.845. The van der Waals surface area contributed by atoms with E-state index in [0.717, 1.165) is 53.2 Å². The van der Waals surface area contributed by atoms with Crippen molar-refractivity contribution in [3.05, 3.63) is 54.3 Å². The van der Waals surface area contributed by atoms with Gasteiger partial charge in [0, 0.05) is 37.2 Å². The molecule has 29 heavy (non-hydrogen) atoms. The number of fused-ring (bicyclic) bond motifs is 1. The van der Waals surface area contributed by atoms with E-state index in [9.17, 15) is 9.18 Å². The molecule has 0 radical (unpaired) electrons. The molecule has 0 unspecified atom stereocenters. The summed E-state index contributed by atoms with van der Waals surface area (Å²) in [5, 5.41) is 0.716. The molecule has 2 heterocycles. The SMILES string of the molecule is O=C(CCCSc1ccc(F)cc1)N1CCC(Oc2nc3ccccc3s2)CC1. The van der Waals surface area contributed by atoms with E-state index in [2.05, 4.69) is 11.1 Å². The van der Waals surface area contributed by atoms with Crippen molar-refractivity contribution in [2.75, 3.05) is 18.8 Å². The van der Waals surface area contributed by atoms with E-state index in [1.165, 1.54) is 12.1 Å². The van der Waals surface area contributed by atoms with Crippen LogP contribution in [-0.4, -0.2) is 40.7 Å². The van der Waals surface area contributed by atoms with Crippen LogP contribution in [0.25, 0.3) is 10.2 Å². The molecule has 7 heteroatoms. The number of hydrogen-bond donors (Lipinski definition) is 0. The van der Waals surface area contributed by atoms with Gasteiger partial charge in [0.05, 0.1) is 10.2 Å². The highest BCUT2D eigenvalue weighted by Gasteiger charge is 2.24. The lowest BCUT2D eigenvalue weighted by atomic mass is 10.1. The number of nitrogens with zero attached hydrogens (tertiary/aromatic N) is 2. The summed E-state index contributed by atoms with van der Waals surface area (Å²) in [6, 6.07) is 14.5. The lowest BCUT2D eigenvalue weighted by molar-refractivity contribution is -0.133. The highest BCUT2D eigenvalue weighted by atomic mass is 32.2. The molecule has 152 valence electrons. The van der Waals surface area contributed by atoms with Crippen molar-refractivity contribution in [3.63, 3.8) is 0 Å². The second kappa shape index (κ2) is 9.59. The molecule has 0 saturated carbocycles. The van der Waals surface area contributed by atoms with Gasteiger partial charge in [-0.25, -0.2) is 9.37 Å². The summed E-state index contributed by atoms with van der Waals surface area (Å²) < 4.78 is 20.1. The minimum atomic E-state index is -0.222. The van der Waals surface area contributed by atoms with Gasteiger partial charge in [-0.2, -0.15) is 0 Å². The zero-order chi connectivity index (χ0) is 20.1. The number of carbonyl (C=O) groups is 1. The quantitative estimate of drug-likeness (QED) is 0.373. The highest BCUT2D eigenvalue weighted by Crippen LogP contribution is 2.29. The molecule has 1 aromatic heterocycles. The third-order valence-corrected chi connectivity index (χ3v) is 6.98. The Balaban J connectivity index is 1.17. The van der Waals surface area contributed by atoms with E-state index in [-0.39, 0.29) is 17.8 Å². The first-order valence-corrected chi connectivity index (χ1v) is 11.7. The van der Waals surface area contributed by atoms with Gasteiger partial charge in [0.15, 0.2) is 0 Å². The zero-order valence-electron chi connectivity index (χ0n) is 16.1. The molecular formula is C22H23FN2O2S2. The Morgan fingerprint density at radius 1 is 1.17 bits per heavy atom. The van der Waals surface area contributed by atoms with Crippen molar-refractivity contribution in [2.45, 2.75) is 36.7 Å². The number of hydrogen-bond acceptors (Lipinski definition) is 5. The van der Waals surface area contributed by atoms with Gasteiger partial charge in [0.25, 0.3) is 5.19 Å². The van der Waals surface area contributed by atoms with Crippen LogP contribution in [0.5, 0.6) is 5.19 Å². The number of aromatic nitrogens is 1. The van der Waals surface area contributed by atoms with Crippen LogP contribution in [0.15, 0.2) is 53.4 Å². The normalized spacial score (nSPS) is 15.0. The molecule has 0 bridgehead atoms. The summed E-state index contributed by atoms with van der Waals surface area (Å²) in [6.07, 6.45) is 3.17. The first-order valence-electron chi connectivity index (χ1n) is 9.86. The fraction of sp³-hybridized carbons (Fsp3) is 0.364. The molecule has 1 aliphatic rings. The van der Waals surface area contributed by atoms with Crippen LogP contribution in [0.3, 0.4) is 0 Å². The second-order valence-electron chi connectivity index (χ2n) is 7.05. The smallest absolute Gasteiger partial charge is 0.274 e. The third-order valence-electron chi connectivity index (χ3n) is 4.95. The van der Waals surface area contributed by atoms with Crippen molar-refractivity contribution in [3.8, 4) is 5.19 Å². The molecule has 4 nitrogen and oxygen atoms in total. The number of rotatable bonds is 7. The Kier molecular flexibility index (Phi) is 6.67. The lowest BCUT2D eigenvalue weighted by Gasteiger charge is -2.31. The maximum atomic E-state index is 12.9. The number of piperidine rings is 1. The Morgan fingerprint density at radius 2 is 1.93 bits per heavy atom. The molecule has 0 aliphatic carbocycles. The maximum Gasteiger partial charge on any atom is 0.274 e. The maximum absolute atomic E-state index is 12.9. The van der Waals surface area contributed by atoms with E-state index in [1.54, 1.807) is 35.2 Å². The highest BCUT2D eigenvalue weighted by molar-refractivity contribution is 7.99. The van der Waals surface area contributed by atoms with Crippen molar-refractivity contribution in [1.82, 2.24) is 9.88 Å². The monoisotopic (exact) mass is 430 g/mol. The van der Waals surface area contributed by atoms with E-state index in [0.29, 0.717) is 11.6 Å². The number of halogens is 1. The van der Waals surface area contributed by atoms with Crippen LogP contribution in [0.2, 0.25) is 0 Å². The van der Waals surface area contributed by atoms with Gasteiger partial charge in [0.2, 0.25) is 5.91 Å². The van der Waals surface area contributed by atoms with Crippen LogP contribution in [0.1, 0.15) is 25.7 Å². The fourth-order valence-corrected chi connectivity index (χ4v) is 5.10. The Labute approximate surface area is 178 Å². The Morgan fingerprint density at radius 3 is 2.69 bits per heavy atom. The largest absolute Gasteiger partial charge is 0.467 e. The van der Waals surface area contributed by atoms with Gasteiger partial charge in [-0.3, -0.25) is 4.79 Å². The van der Waals surface area contributed by atoms with Gasteiger partial charge in [-0.05, 0) is 48.6 Å². The van der Waals surface area contributed by atoms with Gasteiger partial charge in [-0.15, -0.1) is 11.8 Å². The second-order valence-corrected chi connectivity index (χ2v) is 9.21. The van der Waals surface area contributed by atoms with Crippen LogP contribution >= 0.6 is 23.1 Å². The van der Waals surface area contributed by atoms with Crippen molar-refractivity contribution >= 4 is 39.2 Å². The summed E-state index contributed by atoms with van der Waals surface area (Å²) >= 11 is 3.23. The number of thioether (sulfide) groups is 1. The molecule has 1 aliphatic heterocycles. The first kappa shape index (κ1) is 20.2. The molecular weight excluding hydrogens is 407 g/mol. The molecule has 3 aromatic rings. The summed E-state index contributed by atoms with van der Waals surface area (Å²) in [7, 11) is 0. The van der Waals surface area contributed by atoms with Gasteiger partial charge in [-0.1, -0.05) is 23.5 Å². The Hall–Kier alpha value is -2.12. The van der Waals surface area contributed by atoms with Gasteiger partial charge < -0.3 is 9.64 Å². The summed E-state index contributed by atoms with van der Waals surface area (Å²) in [5.41, 5.74) is 0.971. The summed E-state index contributed by atoms with van der Waals surface area (Å²) in [4.78, 5) is 20.0. The molecule has 0 spiro atoms. The molecule has 2 aromatic carbocycles. The summed E-state index contributed by atoms with van der Waals surface area (Å²) in [6.45, 7) is 1.47. The number of carbonyl (C=O) groups excluding carboxylic acids is 1. The number of benzene rings is 2. The first-order chi connectivity index (χ1) is 14.2. The van der Waals surface area contributed by atoms with Crippen LogP contribution in [0.4, 0.5) is 4.39 Å². The van der Waals surface area contributed by atoms with Crippen molar-refractivity contribution < 1.29 is 13.9 Å². The molecule has 0 N–H and O–H groups in total. The van der Waals surface area contributed by atoms with Crippen LogP contribution < -0.4 is 4.74 Å². The van der Waals surface area contributed by atoms with E-state index in [1.807, 2.05) is 23.1 Å². The number of para-hydroxylation sites is 1. The van der Waals surface area contributed by atoms with Crippen LogP contribution in [-0.2, 0) is 4.79 Å². The number of likely N-dealkylation sites (tertiary alicyclic amines) is 1. The zero-order valence-corrected chi connectivity index (χ0v) is 17.7. The number of ether oxygens (including phenoxy) is 1. The van der Waals surface area contributed by atoms with Crippen molar-refractivity contribution in [1.29, 1.82) is 0 Å². The lowest BCUT2D eigenvalue weighted by Crippen LogP contribution is -2.41. The minimum absolute atomic E-state index is 0.119.